The van der Waals surface area contributed by atoms with Crippen molar-refractivity contribution in [3.63, 3.8) is 0 Å². The molecule has 2 rings (SSSR count). The van der Waals surface area contributed by atoms with Crippen LogP contribution in [0.4, 0.5) is 0 Å². The first-order valence-corrected chi connectivity index (χ1v) is 8.35. The number of primary sulfonamides is 1. The van der Waals surface area contributed by atoms with Gasteiger partial charge in [-0.2, -0.15) is 0 Å². The van der Waals surface area contributed by atoms with Crippen LogP contribution in [0.3, 0.4) is 0 Å². The molecule has 0 saturated carbocycles. The first kappa shape index (κ1) is 15.6. The van der Waals surface area contributed by atoms with Crippen molar-refractivity contribution >= 4 is 39.1 Å². The van der Waals surface area contributed by atoms with Crippen molar-refractivity contribution < 1.29 is 13.2 Å². The Labute approximate surface area is 127 Å². The third kappa shape index (κ3) is 2.79. The average molecular weight is 337 g/mol. The van der Waals surface area contributed by atoms with E-state index >= 15 is 0 Å². The summed E-state index contributed by atoms with van der Waals surface area (Å²) >= 11 is 12.0. The summed E-state index contributed by atoms with van der Waals surface area (Å²) in [6.07, 6.45) is 1.80. The minimum Gasteiger partial charge on any atom is -0.336 e. The van der Waals surface area contributed by atoms with Crippen LogP contribution in [-0.4, -0.2) is 31.8 Å². The second kappa shape index (κ2) is 5.52. The topological polar surface area (TPSA) is 80.5 Å². The minimum atomic E-state index is -4.00. The van der Waals surface area contributed by atoms with Gasteiger partial charge in [0.15, 0.2) is 0 Å². The monoisotopic (exact) mass is 336 g/mol. The van der Waals surface area contributed by atoms with Gasteiger partial charge in [-0.1, -0.05) is 23.2 Å². The molecule has 0 radical (unpaired) electrons. The van der Waals surface area contributed by atoms with Gasteiger partial charge in [0.2, 0.25) is 10.0 Å². The lowest BCUT2D eigenvalue weighted by Crippen LogP contribution is -2.34. The van der Waals surface area contributed by atoms with Crippen molar-refractivity contribution in [3.8, 4) is 0 Å². The van der Waals surface area contributed by atoms with Crippen molar-refractivity contribution in [1.82, 2.24) is 4.90 Å². The molecule has 2 N–H and O–H groups in total. The first-order chi connectivity index (χ1) is 9.23. The molecule has 1 aromatic carbocycles. The summed E-state index contributed by atoms with van der Waals surface area (Å²) in [4.78, 5) is 13.8. The molecule has 1 fully saturated rings. The van der Waals surface area contributed by atoms with E-state index in [2.05, 4.69) is 0 Å². The number of hydrogen-bond donors (Lipinski definition) is 1. The minimum absolute atomic E-state index is 0.00592. The summed E-state index contributed by atoms with van der Waals surface area (Å²) in [6, 6.07) is 2.60. The maximum absolute atomic E-state index is 12.5. The predicted octanol–water partition coefficient (Wildman–Crippen LogP) is 2.27. The van der Waals surface area contributed by atoms with Crippen LogP contribution in [0.15, 0.2) is 17.0 Å². The summed E-state index contributed by atoms with van der Waals surface area (Å²) in [7, 11) is -4.00. The summed E-state index contributed by atoms with van der Waals surface area (Å²) < 4.78 is 22.9. The van der Waals surface area contributed by atoms with Gasteiger partial charge in [0.05, 0.1) is 15.6 Å². The number of rotatable bonds is 2. The fourth-order valence-electron chi connectivity index (χ4n) is 2.33. The Bertz CT molecular complexity index is 661. The van der Waals surface area contributed by atoms with Crippen molar-refractivity contribution in [2.45, 2.75) is 30.7 Å². The van der Waals surface area contributed by atoms with Crippen LogP contribution < -0.4 is 5.14 Å². The number of sulfonamides is 1. The summed E-state index contributed by atoms with van der Waals surface area (Å²) in [6.45, 7) is 2.53. The van der Waals surface area contributed by atoms with Crippen LogP contribution in [0, 0.1) is 0 Å². The molecule has 1 atom stereocenters. The summed E-state index contributed by atoms with van der Waals surface area (Å²) in [5.74, 6) is -0.365. The highest BCUT2D eigenvalue weighted by Crippen LogP contribution is 2.33. The van der Waals surface area contributed by atoms with Crippen molar-refractivity contribution in [3.05, 3.63) is 27.7 Å². The van der Waals surface area contributed by atoms with Gasteiger partial charge in [0.1, 0.15) is 4.90 Å². The summed E-state index contributed by atoms with van der Waals surface area (Å²) in [5.41, 5.74) is -0.00592. The third-order valence-corrected chi connectivity index (χ3v) is 5.16. The Balaban J connectivity index is 2.54. The third-order valence-electron chi connectivity index (χ3n) is 3.39. The Hall–Kier alpha value is -0.820. The van der Waals surface area contributed by atoms with Crippen LogP contribution in [0.2, 0.25) is 10.0 Å². The van der Waals surface area contributed by atoms with Crippen LogP contribution in [-0.2, 0) is 10.0 Å². The zero-order chi connectivity index (χ0) is 15.1. The number of carbonyl (C=O) groups excluding carboxylic acids is 1. The quantitative estimate of drug-likeness (QED) is 0.899. The average Bonchev–Trinajstić information content (AvgIpc) is 2.73. The molecule has 1 aliphatic heterocycles. The SMILES string of the molecule is CC1CCCN1C(=O)c1c(Cl)ccc(S(N)(=O)=O)c1Cl. The normalized spacial score (nSPS) is 19.4. The predicted molar refractivity (Wildman–Crippen MR) is 77.6 cm³/mol. The van der Waals surface area contributed by atoms with Gasteiger partial charge in [-0.3, -0.25) is 4.79 Å². The molecule has 5 nitrogen and oxygen atoms in total. The highest BCUT2D eigenvalue weighted by molar-refractivity contribution is 7.89. The number of benzene rings is 1. The molecule has 0 aromatic heterocycles. The smallest absolute Gasteiger partial charge is 0.257 e. The number of nitrogens with zero attached hydrogens (tertiary/aromatic N) is 1. The lowest BCUT2D eigenvalue weighted by Gasteiger charge is -2.23. The van der Waals surface area contributed by atoms with Gasteiger partial charge >= 0.3 is 0 Å². The molecule has 8 heteroatoms. The van der Waals surface area contributed by atoms with Crippen molar-refractivity contribution in [1.29, 1.82) is 0 Å². The largest absolute Gasteiger partial charge is 0.336 e. The molecule has 1 unspecified atom stereocenters. The number of amides is 1. The molecule has 1 aliphatic rings. The molecule has 110 valence electrons. The van der Waals surface area contributed by atoms with Gasteiger partial charge in [0, 0.05) is 12.6 Å². The van der Waals surface area contributed by atoms with Crippen LogP contribution in [0.5, 0.6) is 0 Å². The van der Waals surface area contributed by atoms with E-state index in [-0.39, 0.29) is 32.5 Å². The number of carbonyl (C=O) groups is 1. The standard InChI is InChI=1S/C12H14Cl2N2O3S/c1-7-3-2-6-16(7)12(17)10-8(13)4-5-9(11(10)14)20(15,18)19/h4-5,7H,2-3,6H2,1H3,(H2,15,18,19). The lowest BCUT2D eigenvalue weighted by atomic mass is 10.1. The molecule has 0 spiro atoms. The number of halogens is 2. The molecule has 0 bridgehead atoms. The molecular weight excluding hydrogens is 323 g/mol. The molecular formula is C12H14Cl2N2O3S. The van der Waals surface area contributed by atoms with E-state index in [0.717, 1.165) is 12.8 Å². The highest BCUT2D eigenvalue weighted by atomic mass is 35.5. The van der Waals surface area contributed by atoms with E-state index in [0.29, 0.717) is 6.54 Å². The second-order valence-electron chi connectivity index (χ2n) is 4.77. The molecule has 1 saturated heterocycles. The maximum Gasteiger partial charge on any atom is 0.257 e. The Morgan fingerprint density at radius 1 is 1.40 bits per heavy atom. The van der Waals surface area contributed by atoms with Crippen molar-refractivity contribution in [2.24, 2.45) is 5.14 Å². The molecule has 1 heterocycles. The van der Waals surface area contributed by atoms with E-state index in [1.54, 1.807) is 4.90 Å². The Morgan fingerprint density at radius 2 is 2.05 bits per heavy atom. The van der Waals surface area contributed by atoms with Gasteiger partial charge in [-0.25, -0.2) is 13.6 Å². The Morgan fingerprint density at radius 3 is 2.55 bits per heavy atom. The highest BCUT2D eigenvalue weighted by Gasteiger charge is 2.30. The van der Waals surface area contributed by atoms with Gasteiger partial charge in [-0.05, 0) is 31.9 Å². The zero-order valence-corrected chi connectivity index (χ0v) is 13.1. The fourth-order valence-corrected chi connectivity index (χ4v) is 3.79. The molecule has 1 amide bonds. The lowest BCUT2D eigenvalue weighted by molar-refractivity contribution is 0.0747. The van der Waals surface area contributed by atoms with Gasteiger partial charge in [0.25, 0.3) is 5.91 Å². The van der Waals surface area contributed by atoms with E-state index < -0.39 is 10.0 Å². The van der Waals surface area contributed by atoms with Gasteiger partial charge in [-0.15, -0.1) is 0 Å². The van der Waals surface area contributed by atoms with Gasteiger partial charge < -0.3 is 4.90 Å². The number of nitrogens with two attached hydrogens (primary N) is 1. The van der Waals surface area contributed by atoms with Crippen LogP contribution in [0.1, 0.15) is 30.1 Å². The van der Waals surface area contributed by atoms with Crippen molar-refractivity contribution in [2.75, 3.05) is 6.54 Å². The van der Waals surface area contributed by atoms with E-state index in [4.69, 9.17) is 28.3 Å². The number of hydrogen-bond acceptors (Lipinski definition) is 3. The van der Waals surface area contributed by atoms with E-state index in [9.17, 15) is 13.2 Å². The Kier molecular flexibility index (Phi) is 4.30. The summed E-state index contributed by atoms with van der Waals surface area (Å²) in [5, 5.41) is 4.98. The fraction of sp³-hybridized carbons (Fsp3) is 0.417. The van der Waals surface area contributed by atoms with Crippen LogP contribution >= 0.6 is 23.2 Å². The second-order valence-corrected chi connectivity index (χ2v) is 7.08. The molecule has 0 aliphatic carbocycles. The zero-order valence-electron chi connectivity index (χ0n) is 10.8. The number of likely N-dealkylation sites (tertiary alicyclic amines) is 1. The molecule has 1 aromatic rings. The first-order valence-electron chi connectivity index (χ1n) is 6.05. The molecule has 20 heavy (non-hydrogen) atoms. The van der Waals surface area contributed by atoms with E-state index in [1.165, 1.54) is 12.1 Å². The van der Waals surface area contributed by atoms with Crippen LogP contribution in [0.25, 0.3) is 0 Å². The van der Waals surface area contributed by atoms with E-state index in [1.807, 2.05) is 6.92 Å². The maximum atomic E-state index is 12.5.